The van der Waals surface area contributed by atoms with Crippen LogP contribution in [-0.2, 0) is 4.74 Å². The SMILES string of the molecule is CNC(c1sccc1Cl)C1CCOC1. The third-order valence-corrected chi connectivity index (χ3v) is 4.12. The van der Waals surface area contributed by atoms with E-state index in [4.69, 9.17) is 16.3 Å². The molecule has 0 amide bonds. The number of hydrogen-bond acceptors (Lipinski definition) is 3. The van der Waals surface area contributed by atoms with E-state index >= 15 is 0 Å². The van der Waals surface area contributed by atoms with Gasteiger partial charge in [-0.3, -0.25) is 0 Å². The second-order valence-electron chi connectivity index (χ2n) is 3.52. The summed E-state index contributed by atoms with van der Waals surface area (Å²) in [6.45, 7) is 1.73. The first-order valence-corrected chi connectivity index (χ1v) is 6.06. The fourth-order valence-electron chi connectivity index (χ4n) is 1.92. The quantitative estimate of drug-likeness (QED) is 0.864. The molecule has 1 aromatic heterocycles. The molecule has 2 nitrogen and oxygen atoms in total. The van der Waals surface area contributed by atoms with Crippen molar-refractivity contribution in [2.75, 3.05) is 20.3 Å². The van der Waals surface area contributed by atoms with E-state index in [9.17, 15) is 0 Å². The van der Waals surface area contributed by atoms with Crippen LogP contribution in [0.4, 0.5) is 0 Å². The van der Waals surface area contributed by atoms with Gasteiger partial charge in [-0.1, -0.05) is 11.6 Å². The maximum Gasteiger partial charge on any atom is 0.0561 e. The second-order valence-corrected chi connectivity index (χ2v) is 4.88. The molecule has 2 rings (SSSR count). The number of thiophene rings is 1. The Hall–Kier alpha value is -0.0900. The molecule has 1 aliphatic rings. The van der Waals surface area contributed by atoms with Gasteiger partial charge in [-0.15, -0.1) is 11.3 Å². The van der Waals surface area contributed by atoms with E-state index in [0.29, 0.717) is 12.0 Å². The van der Waals surface area contributed by atoms with Gasteiger partial charge < -0.3 is 10.1 Å². The zero-order valence-corrected chi connectivity index (χ0v) is 9.70. The van der Waals surface area contributed by atoms with Gasteiger partial charge in [0.1, 0.15) is 0 Å². The summed E-state index contributed by atoms with van der Waals surface area (Å²) in [4.78, 5) is 1.24. The molecule has 14 heavy (non-hydrogen) atoms. The van der Waals surface area contributed by atoms with Gasteiger partial charge in [0, 0.05) is 23.4 Å². The summed E-state index contributed by atoms with van der Waals surface area (Å²) in [5.41, 5.74) is 0. The summed E-state index contributed by atoms with van der Waals surface area (Å²) >= 11 is 7.84. The van der Waals surface area contributed by atoms with E-state index in [1.54, 1.807) is 11.3 Å². The maximum absolute atomic E-state index is 6.12. The lowest BCUT2D eigenvalue weighted by molar-refractivity contribution is 0.178. The van der Waals surface area contributed by atoms with Gasteiger partial charge in [-0.2, -0.15) is 0 Å². The van der Waals surface area contributed by atoms with Crippen molar-refractivity contribution in [2.45, 2.75) is 12.5 Å². The molecular weight excluding hydrogens is 218 g/mol. The first-order chi connectivity index (χ1) is 6.83. The van der Waals surface area contributed by atoms with Crippen LogP contribution in [-0.4, -0.2) is 20.3 Å². The Kier molecular flexibility index (Phi) is 3.44. The Balaban J connectivity index is 2.16. The number of nitrogens with one attached hydrogen (secondary N) is 1. The van der Waals surface area contributed by atoms with Crippen molar-refractivity contribution in [3.63, 3.8) is 0 Å². The summed E-state index contributed by atoms with van der Waals surface area (Å²) < 4.78 is 5.40. The highest BCUT2D eigenvalue weighted by Gasteiger charge is 2.27. The largest absolute Gasteiger partial charge is 0.381 e. The van der Waals surface area contributed by atoms with Crippen molar-refractivity contribution >= 4 is 22.9 Å². The van der Waals surface area contributed by atoms with E-state index in [0.717, 1.165) is 24.7 Å². The Labute approximate surface area is 93.2 Å². The molecule has 1 aliphatic heterocycles. The predicted molar refractivity (Wildman–Crippen MR) is 60.1 cm³/mol. The van der Waals surface area contributed by atoms with Crippen LogP contribution in [0.15, 0.2) is 11.4 Å². The molecule has 1 saturated heterocycles. The Morgan fingerprint density at radius 3 is 3.07 bits per heavy atom. The topological polar surface area (TPSA) is 21.3 Å². The van der Waals surface area contributed by atoms with Crippen LogP contribution in [0.25, 0.3) is 0 Å². The molecule has 1 N–H and O–H groups in total. The molecule has 2 unspecified atom stereocenters. The fraction of sp³-hybridized carbons (Fsp3) is 0.600. The second kappa shape index (κ2) is 4.62. The molecule has 78 valence electrons. The molecule has 0 bridgehead atoms. The molecule has 0 saturated carbocycles. The van der Waals surface area contributed by atoms with Crippen molar-refractivity contribution in [2.24, 2.45) is 5.92 Å². The molecular formula is C10H14ClNOS. The highest BCUT2D eigenvalue weighted by molar-refractivity contribution is 7.10. The Morgan fingerprint density at radius 1 is 1.71 bits per heavy atom. The Morgan fingerprint density at radius 2 is 2.57 bits per heavy atom. The molecule has 2 heterocycles. The molecule has 0 aromatic carbocycles. The molecule has 1 aromatic rings. The lowest BCUT2D eigenvalue weighted by Crippen LogP contribution is -2.24. The van der Waals surface area contributed by atoms with Crippen LogP contribution in [0.1, 0.15) is 17.3 Å². The third kappa shape index (κ3) is 1.96. The lowest BCUT2D eigenvalue weighted by atomic mass is 9.98. The van der Waals surface area contributed by atoms with E-state index in [-0.39, 0.29) is 0 Å². The van der Waals surface area contributed by atoms with Gasteiger partial charge in [0.05, 0.1) is 11.6 Å². The average molecular weight is 232 g/mol. The maximum atomic E-state index is 6.12. The highest BCUT2D eigenvalue weighted by atomic mass is 35.5. The normalized spacial score (nSPS) is 24.0. The van der Waals surface area contributed by atoms with Gasteiger partial charge in [-0.25, -0.2) is 0 Å². The smallest absolute Gasteiger partial charge is 0.0561 e. The number of ether oxygens (including phenoxy) is 1. The average Bonchev–Trinajstić information content (AvgIpc) is 2.80. The van der Waals surface area contributed by atoms with Gasteiger partial charge in [0.2, 0.25) is 0 Å². The van der Waals surface area contributed by atoms with Crippen LogP contribution in [0.2, 0.25) is 5.02 Å². The monoisotopic (exact) mass is 231 g/mol. The molecule has 4 heteroatoms. The zero-order valence-electron chi connectivity index (χ0n) is 8.13. The summed E-state index contributed by atoms with van der Waals surface area (Å²) in [6.07, 6.45) is 1.12. The third-order valence-electron chi connectivity index (χ3n) is 2.67. The molecule has 0 radical (unpaired) electrons. The summed E-state index contributed by atoms with van der Waals surface area (Å²) in [6, 6.07) is 2.31. The molecule has 0 spiro atoms. The van der Waals surface area contributed by atoms with E-state index in [2.05, 4.69) is 5.32 Å². The summed E-state index contributed by atoms with van der Waals surface area (Å²) in [7, 11) is 1.99. The van der Waals surface area contributed by atoms with Crippen LogP contribution in [0.3, 0.4) is 0 Å². The number of rotatable bonds is 3. The number of hydrogen-bond donors (Lipinski definition) is 1. The van der Waals surface area contributed by atoms with E-state index in [1.807, 2.05) is 18.5 Å². The van der Waals surface area contributed by atoms with Crippen molar-refractivity contribution in [1.29, 1.82) is 0 Å². The molecule has 0 aliphatic carbocycles. The highest BCUT2D eigenvalue weighted by Crippen LogP contribution is 2.35. The van der Waals surface area contributed by atoms with Gasteiger partial charge in [0.15, 0.2) is 0 Å². The van der Waals surface area contributed by atoms with Crippen LogP contribution >= 0.6 is 22.9 Å². The van der Waals surface area contributed by atoms with Crippen molar-refractivity contribution in [3.05, 3.63) is 21.3 Å². The van der Waals surface area contributed by atoms with E-state index < -0.39 is 0 Å². The predicted octanol–water partition coefficient (Wildman–Crippen LogP) is 2.70. The van der Waals surface area contributed by atoms with Crippen molar-refractivity contribution < 1.29 is 4.74 Å². The lowest BCUT2D eigenvalue weighted by Gasteiger charge is -2.20. The van der Waals surface area contributed by atoms with Crippen LogP contribution in [0.5, 0.6) is 0 Å². The van der Waals surface area contributed by atoms with E-state index in [1.165, 1.54) is 4.88 Å². The Bertz CT molecular complexity index is 296. The first-order valence-electron chi connectivity index (χ1n) is 4.81. The van der Waals surface area contributed by atoms with Gasteiger partial charge >= 0.3 is 0 Å². The van der Waals surface area contributed by atoms with Crippen molar-refractivity contribution in [3.8, 4) is 0 Å². The zero-order chi connectivity index (χ0) is 9.97. The molecule has 2 atom stereocenters. The fourth-order valence-corrected chi connectivity index (χ4v) is 3.30. The minimum absolute atomic E-state index is 0.352. The van der Waals surface area contributed by atoms with Gasteiger partial charge in [-0.05, 0) is 24.9 Å². The minimum atomic E-state index is 0.352. The first kappa shape index (κ1) is 10.4. The van der Waals surface area contributed by atoms with Gasteiger partial charge in [0.25, 0.3) is 0 Å². The summed E-state index contributed by atoms with van der Waals surface area (Å²) in [5.74, 6) is 0.566. The minimum Gasteiger partial charge on any atom is -0.381 e. The van der Waals surface area contributed by atoms with Crippen LogP contribution < -0.4 is 5.32 Å². The van der Waals surface area contributed by atoms with Crippen molar-refractivity contribution in [1.82, 2.24) is 5.32 Å². The number of halogens is 1. The molecule has 1 fully saturated rings. The van der Waals surface area contributed by atoms with Crippen LogP contribution in [0, 0.1) is 5.92 Å². The summed E-state index contributed by atoms with van der Waals surface area (Å²) in [5, 5.41) is 6.25. The standard InChI is InChI=1S/C10H14ClNOS/c1-12-9(7-2-4-13-6-7)10-8(11)3-5-14-10/h3,5,7,9,12H,2,4,6H2,1H3.